The van der Waals surface area contributed by atoms with E-state index in [0.29, 0.717) is 12.1 Å². The van der Waals surface area contributed by atoms with Crippen molar-refractivity contribution in [2.75, 3.05) is 6.54 Å². The lowest BCUT2D eigenvalue weighted by atomic mass is 9.87. The van der Waals surface area contributed by atoms with Crippen LogP contribution in [-0.4, -0.2) is 22.4 Å². The summed E-state index contributed by atoms with van der Waals surface area (Å²) in [6.07, 6.45) is 5.27. The maximum Gasteiger partial charge on any atom is 0.251 e. The number of aromatic amines is 1. The molecule has 1 heterocycles. The molecule has 1 aromatic carbocycles. The summed E-state index contributed by atoms with van der Waals surface area (Å²) < 4.78 is 0. The van der Waals surface area contributed by atoms with Gasteiger partial charge in [-0.2, -0.15) is 0 Å². The largest absolute Gasteiger partial charge is 0.352 e. The number of carbonyl (C=O) groups is 1. The van der Waals surface area contributed by atoms with E-state index < -0.39 is 0 Å². The molecule has 0 aliphatic rings. The number of nitrogens with one attached hydrogen (secondary N) is 2. The Hall–Kier alpha value is -2.10. The Labute approximate surface area is 126 Å². The van der Waals surface area contributed by atoms with Crippen molar-refractivity contribution >= 4 is 5.91 Å². The van der Waals surface area contributed by atoms with Gasteiger partial charge >= 0.3 is 0 Å². The number of imidazole rings is 1. The molecular weight excluding hydrogens is 262 g/mol. The van der Waals surface area contributed by atoms with Crippen LogP contribution in [0.1, 0.15) is 48.9 Å². The summed E-state index contributed by atoms with van der Waals surface area (Å²) in [7, 11) is 0. The standard InChI is InChI=1S/C17H23N3O/c1-17(2,3)14-8-6-13(7-9-14)16(21)20-10-4-5-15-18-11-12-19-15/h6-9,11-12H,4-5,10H2,1-3H3,(H,18,19)(H,20,21). The van der Waals surface area contributed by atoms with Crippen LogP contribution in [0.5, 0.6) is 0 Å². The van der Waals surface area contributed by atoms with Crippen molar-refractivity contribution in [1.29, 1.82) is 0 Å². The molecule has 2 rings (SSSR count). The smallest absolute Gasteiger partial charge is 0.251 e. The highest BCUT2D eigenvalue weighted by Crippen LogP contribution is 2.22. The van der Waals surface area contributed by atoms with Crippen molar-refractivity contribution in [3.8, 4) is 0 Å². The first-order chi connectivity index (χ1) is 9.97. The van der Waals surface area contributed by atoms with Crippen molar-refractivity contribution < 1.29 is 4.79 Å². The summed E-state index contributed by atoms with van der Waals surface area (Å²) in [6.45, 7) is 7.14. The Bertz CT molecular complexity index is 565. The zero-order valence-corrected chi connectivity index (χ0v) is 12.9. The molecule has 112 valence electrons. The van der Waals surface area contributed by atoms with Gasteiger partial charge in [0.1, 0.15) is 5.82 Å². The fraction of sp³-hybridized carbons (Fsp3) is 0.412. The SMILES string of the molecule is CC(C)(C)c1ccc(C(=O)NCCCc2ncc[nH]2)cc1. The second-order valence-electron chi connectivity index (χ2n) is 6.22. The van der Waals surface area contributed by atoms with E-state index in [2.05, 4.69) is 36.1 Å². The lowest BCUT2D eigenvalue weighted by molar-refractivity contribution is 0.0953. The first kappa shape index (κ1) is 15.3. The fourth-order valence-corrected chi connectivity index (χ4v) is 2.12. The predicted molar refractivity (Wildman–Crippen MR) is 84.4 cm³/mol. The van der Waals surface area contributed by atoms with Gasteiger partial charge in [0, 0.05) is 30.9 Å². The molecule has 0 saturated heterocycles. The van der Waals surface area contributed by atoms with E-state index in [4.69, 9.17) is 0 Å². The normalized spacial score (nSPS) is 11.4. The predicted octanol–water partition coefficient (Wildman–Crippen LogP) is 3.07. The van der Waals surface area contributed by atoms with Crippen LogP contribution in [-0.2, 0) is 11.8 Å². The van der Waals surface area contributed by atoms with Crippen LogP contribution in [0.25, 0.3) is 0 Å². The van der Waals surface area contributed by atoms with Gasteiger partial charge in [-0.05, 0) is 29.5 Å². The molecule has 1 amide bonds. The first-order valence-corrected chi connectivity index (χ1v) is 7.34. The van der Waals surface area contributed by atoms with E-state index in [9.17, 15) is 4.79 Å². The van der Waals surface area contributed by atoms with Gasteiger partial charge in [-0.15, -0.1) is 0 Å². The van der Waals surface area contributed by atoms with Gasteiger partial charge in [0.05, 0.1) is 0 Å². The van der Waals surface area contributed by atoms with Crippen molar-refractivity contribution in [2.45, 2.75) is 39.0 Å². The molecule has 2 N–H and O–H groups in total. The molecule has 0 aliphatic heterocycles. The van der Waals surface area contributed by atoms with E-state index in [0.717, 1.165) is 18.7 Å². The van der Waals surface area contributed by atoms with Gasteiger partial charge in [-0.1, -0.05) is 32.9 Å². The van der Waals surface area contributed by atoms with Crippen molar-refractivity contribution in [1.82, 2.24) is 15.3 Å². The molecule has 4 heteroatoms. The summed E-state index contributed by atoms with van der Waals surface area (Å²) in [5, 5.41) is 2.94. The monoisotopic (exact) mass is 285 g/mol. The molecule has 0 fully saturated rings. The minimum atomic E-state index is -0.0186. The fourth-order valence-electron chi connectivity index (χ4n) is 2.12. The molecule has 4 nitrogen and oxygen atoms in total. The van der Waals surface area contributed by atoms with Crippen molar-refractivity contribution in [3.05, 3.63) is 53.6 Å². The summed E-state index contributed by atoms with van der Waals surface area (Å²) in [5.41, 5.74) is 2.05. The highest BCUT2D eigenvalue weighted by Gasteiger charge is 2.14. The number of aromatic nitrogens is 2. The molecule has 1 aromatic heterocycles. The number of hydrogen-bond acceptors (Lipinski definition) is 2. The third kappa shape index (κ3) is 4.45. The second kappa shape index (κ2) is 6.57. The molecule has 0 spiro atoms. The highest BCUT2D eigenvalue weighted by molar-refractivity contribution is 5.94. The number of rotatable bonds is 5. The molecule has 0 unspecified atom stereocenters. The molecule has 0 bridgehead atoms. The average Bonchev–Trinajstić information content (AvgIpc) is 2.96. The molecule has 0 radical (unpaired) electrons. The number of benzene rings is 1. The Morgan fingerprint density at radius 2 is 1.95 bits per heavy atom. The van der Waals surface area contributed by atoms with Gasteiger partial charge in [-0.25, -0.2) is 4.98 Å². The lowest BCUT2D eigenvalue weighted by Gasteiger charge is -2.19. The van der Waals surface area contributed by atoms with E-state index in [1.807, 2.05) is 30.5 Å². The summed E-state index contributed by atoms with van der Waals surface area (Å²) in [6, 6.07) is 7.83. The molecule has 0 saturated carbocycles. The van der Waals surface area contributed by atoms with E-state index in [1.165, 1.54) is 5.56 Å². The van der Waals surface area contributed by atoms with Crippen LogP contribution in [0.4, 0.5) is 0 Å². The van der Waals surface area contributed by atoms with Gasteiger partial charge in [0.15, 0.2) is 0 Å². The number of amides is 1. The Morgan fingerprint density at radius 1 is 1.24 bits per heavy atom. The minimum absolute atomic E-state index is 0.0186. The van der Waals surface area contributed by atoms with Gasteiger partial charge in [0.25, 0.3) is 5.91 Å². The Balaban J connectivity index is 1.80. The third-order valence-corrected chi connectivity index (χ3v) is 3.44. The molecule has 0 atom stereocenters. The third-order valence-electron chi connectivity index (χ3n) is 3.44. The maximum atomic E-state index is 12.0. The number of carbonyl (C=O) groups excluding carboxylic acids is 1. The Morgan fingerprint density at radius 3 is 2.52 bits per heavy atom. The summed E-state index contributed by atoms with van der Waals surface area (Å²) >= 11 is 0. The summed E-state index contributed by atoms with van der Waals surface area (Å²) in [5.74, 6) is 0.939. The molecular formula is C17H23N3O. The minimum Gasteiger partial charge on any atom is -0.352 e. The molecule has 2 aromatic rings. The van der Waals surface area contributed by atoms with Crippen molar-refractivity contribution in [2.24, 2.45) is 0 Å². The molecule has 21 heavy (non-hydrogen) atoms. The van der Waals surface area contributed by atoms with Crippen LogP contribution in [0, 0.1) is 0 Å². The van der Waals surface area contributed by atoms with Crippen LogP contribution in [0.15, 0.2) is 36.7 Å². The zero-order valence-electron chi connectivity index (χ0n) is 12.9. The van der Waals surface area contributed by atoms with E-state index in [-0.39, 0.29) is 11.3 Å². The van der Waals surface area contributed by atoms with Gasteiger partial charge in [-0.3, -0.25) is 4.79 Å². The van der Waals surface area contributed by atoms with Crippen LogP contribution in [0.3, 0.4) is 0 Å². The van der Waals surface area contributed by atoms with Gasteiger partial charge < -0.3 is 10.3 Å². The number of nitrogens with zero attached hydrogens (tertiary/aromatic N) is 1. The van der Waals surface area contributed by atoms with E-state index >= 15 is 0 Å². The van der Waals surface area contributed by atoms with Crippen LogP contribution in [0.2, 0.25) is 0 Å². The Kier molecular flexibility index (Phi) is 4.78. The first-order valence-electron chi connectivity index (χ1n) is 7.34. The number of aryl methyl sites for hydroxylation is 1. The molecule has 0 aliphatic carbocycles. The van der Waals surface area contributed by atoms with E-state index in [1.54, 1.807) is 6.20 Å². The quantitative estimate of drug-likeness (QED) is 0.829. The zero-order chi connectivity index (χ0) is 15.3. The number of H-pyrrole nitrogens is 1. The van der Waals surface area contributed by atoms with Gasteiger partial charge in [0.2, 0.25) is 0 Å². The van der Waals surface area contributed by atoms with Crippen LogP contribution >= 0.6 is 0 Å². The van der Waals surface area contributed by atoms with Crippen LogP contribution < -0.4 is 5.32 Å². The second-order valence-corrected chi connectivity index (χ2v) is 6.22. The topological polar surface area (TPSA) is 57.8 Å². The average molecular weight is 285 g/mol. The highest BCUT2D eigenvalue weighted by atomic mass is 16.1. The lowest BCUT2D eigenvalue weighted by Crippen LogP contribution is -2.25. The maximum absolute atomic E-state index is 12.0. The summed E-state index contributed by atoms with van der Waals surface area (Å²) in [4.78, 5) is 19.2. The van der Waals surface area contributed by atoms with Crippen molar-refractivity contribution in [3.63, 3.8) is 0 Å². The number of hydrogen-bond donors (Lipinski definition) is 2.